The third-order valence-electron chi connectivity index (χ3n) is 3.83. The van der Waals surface area contributed by atoms with E-state index in [-0.39, 0.29) is 11.6 Å². The highest BCUT2D eigenvalue weighted by molar-refractivity contribution is 5.85. The maximum atomic E-state index is 13.3. The number of aromatic nitrogens is 4. The Kier molecular flexibility index (Phi) is 3.57. The van der Waals surface area contributed by atoms with E-state index in [2.05, 4.69) is 21.6 Å². The monoisotopic (exact) mass is 334 g/mol. The van der Waals surface area contributed by atoms with Gasteiger partial charge in [-0.25, -0.2) is 23.4 Å². The van der Waals surface area contributed by atoms with Gasteiger partial charge in [-0.2, -0.15) is 5.10 Å². The van der Waals surface area contributed by atoms with Gasteiger partial charge in [0.05, 0.1) is 17.6 Å². The molecule has 4 nitrogen and oxygen atoms in total. The zero-order valence-corrected chi connectivity index (χ0v) is 13.0. The van der Waals surface area contributed by atoms with Crippen LogP contribution in [0, 0.1) is 11.6 Å². The number of hydrogen-bond donors (Lipinski definition) is 0. The molecular formula is C19H12F2N4. The molecular weight excluding hydrogens is 322 g/mol. The van der Waals surface area contributed by atoms with Crippen LogP contribution < -0.4 is 0 Å². The molecule has 0 atom stereocenters. The number of hydrogen-bond acceptors (Lipinski definition) is 3. The summed E-state index contributed by atoms with van der Waals surface area (Å²) in [6.07, 6.45) is 3.12. The summed E-state index contributed by atoms with van der Waals surface area (Å²) < 4.78 is 28.1. The van der Waals surface area contributed by atoms with Gasteiger partial charge in [0, 0.05) is 17.3 Å². The van der Waals surface area contributed by atoms with Crippen LogP contribution in [0.15, 0.2) is 61.3 Å². The molecule has 0 aliphatic carbocycles. The van der Waals surface area contributed by atoms with Gasteiger partial charge in [-0.15, -0.1) is 0 Å². The number of nitrogens with zero attached hydrogens (tertiary/aromatic N) is 4. The quantitative estimate of drug-likeness (QED) is 0.552. The molecule has 0 unspecified atom stereocenters. The van der Waals surface area contributed by atoms with Gasteiger partial charge in [0.15, 0.2) is 5.65 Å². The second-order valence-electron chi connectivity index (χ2n) is 5.42. The lowest BCUT2D eigenvalue weighted by Gasteiger charge is -2.09. The molecule has 0 saturated heterocycles. The van der Waals surface area contributed by atoms with E-state index in [1.54, 1.807) is 30.5 Å². The molecule has 0 amide bonds. The predicted octanol–water partition coefficient (Wildman–Crippen LogP) is 4.54. The lowest BCUT2D eigenvalue weighted by Crippen LogP contribution is -1.97. The normalized spacial score (nSPS) is 11.0. The maximum absolute atomic E-state index is 13.3. The van der Waals surface area contributed by atoms with Crippen molar-refractivity contribution in [2.45, 2.75) is 0 Å². The second-order valence-corrected chi connectivity index (χ2v) is 5.42. The standard InChI is InChI=1S/C19H12F2N4/c1-2-25-19-16(11-22-25)23-17(12-3-7-14(20)8-4-12)18(24-19)13-5-9-15(21)10-6-13/h2-11H,1H2. The van der Waals surface area contributed by atoms with Gasteiger partial charge in [0.1, 0.15) is 17.2 Å². The van der Waals surface area contributed by atoms with Crippen molar-refractivity contribution < 1.29 is 8.78 Å². The average Bonchev–Trinajstić information content (AvgIpc) is 3.04. The third kappa shape index (κ3) is 2.67. The number of halogens is 2. The molecule has 0 radical (unpaired) electrons. The minimum atomic E-state index is -0.336. The highest BCUT2D eigenvalue weighted by Gasteiger charge is 2.15. The van der Waals surface area contributed by atoms with Crippen LogP contribution in [0.4, 0.5) is 8.78 Å². The molecule has 2 aromatic carbocycles. The van der Waals surface area contributed by atoms with Crippen molar-refractivity contribution in [2.24, 2.45) is 0 Å². The highest BCUT2D eigenvalue weighted by atomic mass is 19.1. The molecule has 0 N–H and O–H groups in total. The Labute approximate surface area is 142 Å². The first-order valence-electron chi connectivity index (χ1n) is 7.55. The first-order chi connectivity index (χ1) is 12.2. The minimum absolute atomic E-state index is 0.333. The van der Waals surface area contributed by atoms with Crippen LogP contribution >= 0.6 is 0 Å². The summed E-state index contributed by atoms with van der Waals surface area (Å²) in [5, 5.41) is 4.17. The van der Waals surface area contributed by atoms with E-state index in [9.17, 15) is 8.78 Å². The Balaban J connectivity index is 2.01. The Morgan fingerprint density at radius 3 is 1.84 bits per heavy atom. The van der Waals surface area contributed by atoms with Crippen molar-refractivity contribution in [3.63, 3.8) is 0 Å². The van der Waals surface area contributed by atoms with Crippen molar-refractivity contribution in [1.29, 1.82) is 0 Å². The first kappa shape index (κ1) is 15.1. The van der Waals surface area contributed by atoms with E-state index in [1.165, 1.54) is 35.1 Å². The van der Waals surface area contributed by atoms with Crippen LogP contribution in [-0.2, 0) is 0 Å². The zero-order chi connectivity index (χ0) is 17.4. The molecule has 6 heteroatoms. The van der Waals surface area contributed by atoms with E-state index in [0.717, 1.165) is 0 Å². The highest BCUT2D eigenvalue weighted by Crippen LogP contribution is 2.31. The predicted molar refractivity (Wildman–Crippen MR) is 92.5 cm³/mol. The number of fused-ring (bicyclic) bond motifs is 1. The van der Waals surface area contributed by atoms with Gasteiger partial charge in [-0.3, -0.25) is 0 Å². The molecule has 25 heavy (non-hydrogen) atoms. The zero-order valence-electron chi connectivity index (χ0n) is 13.0. The van der Waals surface area contributed by atoms with E-state index < -0.39 is 0 Å². The summed E-state index contributed by atoms with van der Waals surface area (Å²) in [6, 6.07) is 12.0. The molecule has 0 fully saturated rings. The second kappa shape index (κ2) is 5.90. The lowest BCUT2D eigenvalue weighted by atomic mass is 10.0. The van der Waals surface area contributed by atoms with Crippen molar-refractivity contribution in [2.75, 3.05) is 0 Å². The minimum Gasteiger partial charge on any atom is -0.240 e. The van der Waals surface area contributed by atoms with Gasteiger partial charge in [-0.05, 0) is 48.5 Å². The van der Waals surface area contributed by atoms with Gasteiger partial charge < -0.3 is 0 Å². The smallest absolute Gasteiger partial charge is 0.181 e. The van der Waals surface area contributed by atoms with Crippen molar-refractivity contribution >= 4 is 17.4 Å². The van der Waals surface area contributed by atoms with Gasteiger partial charge >= 0.3 is 0 Å². The third-order valence-corrected chi connectivity index (χ3v) is 3.83. The molecule has 2 aromatic heterocycles. The topological polar surface area (TPSA) is 43.6 Å². The molecule has 2 heterocycles. The van der Waals surface area contributed by atoms with Crippen LogP contribution in [0.2, 0.25) is 0 Å². The fraction of sp³-hybridized carbons (Fsp3) is 0. The van der Waals surface area contributed by atoms with E-state index in [1.807, 2.05) is 0 Å². The Morgan fingerprint density at radius 1 is 0.800 bits per heavy atom. The SMILES string of the molecule is C=Cn1ncc2nc(-c3ccc(F)cc3)c(-c3ccc(F)cc3)nc21. The molecule has 122 valence electrons. The molecule has 0 aliphatic rings. The summed E-state index contributed by atoms with van der Waals surface area (Å²) in [6.45, 7) is 3.70. The molecule has 0 spiro atoms. The first-order valence-corrected chi connectivity index (χ1v) is 7.55. The number of benzene rings is 2. The van der Waals surface area contributed by atoms with Crippen LogP contribution in [0.3, 0.4) is 0 Å². The molecule has 4 aromatic rings. The average molecular weight is 334 g/mol. The summed E-state index contributed by atoms with van der Waals surface area (Å²) in [7, 11) is 0. The van der Waals surface area contributed by atoms with Gasteiger partial charge in [0.2, 0.25) is 0 Å². The van der Waals surface area contributed by atoms with Crippen molar-refractivity contribution in [3.05, 3.63) is 72.9 Å². The fourth-order valence-corrected chi connectivity index (χ4v) is 2.62. The van der Waals surface area contributed by atoms with Crippen molar-refractivity contribution in [3.8, 4) is 22.5 Å². The molecule has 0 saturated carbocycles. The van der Waals surface area contributed by atoms with Gasteiger partial charge in [0.25, 0.3) is 0 Å². The number of rotatable bonds is 3. The largest absolute Gasteiger partial charge is 0.240 e. The maximum Gasteiger partial charge on any atom is 0.181 e. The summed E-state index contributed by atoms with van der Waals surface area (Å²) in [4.78, 5) is 9.29. The Morgan fingerprint density at radius 2 is 1.32 bits per heavy atom. The fourth-order valence-electron chi connectivity index (χ4n) is 2.62. The van der Waals surface area contributed by atoms with Crippen LogP contribution in [0.5, 0.6) is 0 Å². The molecule has 4 rings (SSSR count). The Bertz CT molecular complexity index is 1070. The van der Waals surface area contributed by atoms with E-state index >= 15 is 0 Å². The molecule has 0 aliphatic heterocycles. The Hall–Kier alpha value is -3.41. The van der Waals surface area contributed by atoms with Crippen molar-refractivity contribution in [1.82, 2.24) is 19.7 Å². The van der Waals surface area contributed by atoms with E-state index in [4.69, 9.17) is 0 Å². The van der Waals surface area contributed by atoms with Gasteiger partial charge in [-0.1, -0.05) is 6.58 Å². The molecule has 0 bridgehead atoms. The van der Waals surface area contributed by atoms with Crippen LogP contribution in [0.25, 0.3) is 39.9 Å². The van der Waals surface area contributed by atoms with Crippen LogP contribution in [-0.4, -0.2) is 19.7 Å². The summed E-state index contributed by atoms with van der Waals surface area (Å²) in [5.41, 5.74) is 3.67. The summed E-state index contributed by atoms with van der Waals surface area (Å²) in [5.74, 6) is -0.669. The van der Waals surface area contributed by atoms with E-state index in [0.29, 0.717) is 33.7 Å². The lowest BCUT2D eigenvalue weighted by molar-refractivity contribution is 0.627. The summed E-state index contributed by atoms with van der Waals surface area (Å²) >= 11 is 0. The van der Waals surface area contributed by atoms with Crippen LogP contribution in [0.1, 0.15) is 0 Å².